The highest BCUT2D eigenvalue weighted by molar-refractivity contribution is 5.68. The van der Waals surface area contributed by atoms with Gasteiger partial charge in [0.15, 0.2) is 0 Å². The van der Waals surface area contributed by atoms with Gasteiger partial charge in [0.2, 0.25) is 0 Å². The molecule has 0 spiro atoms. The number of nitrogens with zero attached hydrogens (tertiary/aromatic N) is 1. The molecule has 1 aliphatic heterocycles. The second kappa shape index (κ2) is 5.47. The minimum absolute atomic E-state index is 0.263. The van der Waals surface area contributed by atoms with Crippen LogP contribution in [0.15, 0.2) is 0 Å². The molecule has 4 nitrogen and oxygen atoms in total. The van der Waals surface area contributed by atoms with E-state index in [0.717, 1.165) is 25.4 Å². The Kier molecular flexibility index (Phi) is 4.15. The van der Waals surface area contributed by atoms with E-state index in [1.165, 1.54) is 25.8 Å². The minimum atomic E-state index is -0.408. The molecule has 4 heteroatoms. The fourth-order valence-corrected chi connectivity index (χ4v) is 2.40. The van der Waals surface area contributed by atoms with Crippen molar-refractivity contribution in [2.75, 3.05) is 19.6 Å². The molecule has 1 atom stereocenters. The van der Waals surface area contributed by atoms with Crippen LogP contribution in [0, 0.1) is 5.92 Å². The fourth-order valence-electron chi connectivity index (χ4n) is 2.40. The van der Waals surface area contributed by atoms with Crippen molar-refractivity contribution >= 4 is 6.09 Å². The molecule has 1 aliphatic carbocycles. The van der Waals surface area contributed by atoms with Gasteiger partial charge in [0.05, 0.1) is 0 Å². The first-order chi connectivity index (χ1) is 8.42. The maximum atomic E-state index is 11.6. The molecule has 1 saturated heterocycles. The zero-order valence-electron chi connectivity index (χ0n) is 11.9. The Hall–Kier alpha value is -0.770. The van der Waals surface area contributed by atoms with Gasteiger partial charge in [-0.05, 0) is 46.1 Å². The molecule has 1 N–H and O–H groups in total. The molecule has 1 unspecified atom stereocenters. The Morgan fingerprint density at radius 3 is 2.67 bits per heavy atom. The lowest BCUT2D eigenvalue weighted by molar-refractivity contribution is 0.0506. The van der Waals surface area contributed by atoms with E-state index in [1.54, 1.807) is 0 Å². The minimum Gasteiger partial charge on any atom is -0.444 e. The number of hydrogen-bond donors (Lipinski definition) is 1. The SMILES string of the molecule is CC(C)(C)OC(=O)NC1CCN(CCC2CC2)C1. The number of carbonyl (C=O) groups excluding carboxylic acids is 1. The van der Waals surface area contributed by atoms with Crippen LogP contribution < -0.4 is 5.32 Å². The van der Waals surface area contributed by atoms with E-state index < -0.39 is 5.60 Å². The number of alkyl carbamates (subject to hydrolysis) is 1. The number of ether oxygens (including phenoxy) is 1. The third-order valence-electron chi connectivity index (χ3n) is 3.54. The lowest BCUT2D eigenvalue weighted by Gasteiger charge is -2.22. The van der Waals surface area contributed by atoms with Crippen molar-refractivity contribution in [3.63, 3.8) is 0 Å². The summed E-state index contributed by atoms with van der Waals surface area (Å²) in [5, 5.41) is 2.97. The summed E-state index contributed by atoms with van der Waals surface area (Å²) >= 11 is 0. The van der Waals surface area contributed by atoms with E-state index in [4.69, 9.17) is 4.74 Å². The highest BCUT2D eigenvalue weighted by atomic mass is 16.6. The summed E-state index contributed by atoms with van der Waals surface area (Å²) in [7, 11) is 0. The molecule has 1 heterocycles. The van der Waals surface area contributed by atoms with E-state index >= 15 is 0 Å². The van der Waals surface area contributed by atoms with Crippen LogP contribution in [0.1, 0.15) is 46.5 Å². The van der Waals surface area contributed by atoms with Crippen LogP contribution in [0.3, 0.4) is 0 Å². The van der Waals surface area contributed by atoms with Gasteiger partial charge in [-0.2, -0.15) is 0 Å². The smallest absolute Gasteiger partial charge is 0.407 e. The van der Waals surface area contributed by atoms with E-state index in [9.17, 15) is 4.79 Å². The third kappa shape index (κ3) is 4.84. The molecule has 0 aromatic heterocycles. The van der Waals surface area contributed by atoms with Gasteiger partial charge in [0, 0.05) is 19.1 Å². The van der Waals surface area contributed by atoms with E-state index in [1.807, 2.05) is 20.8 Å². The molecular weight excluding hydrogens is 228 g/mol. The van der Waals surface area contributed by atoms with Gasteiger partial charge in [-0.15, -0.1) is 0 Å². The summed E-state index contributed by atoms with van der Waals surface area (Å²) in [6.07, 6.45) is 4.95. The standard InChI is InChI=1S/C14H26N2O2/c1-14(2,3)18-13(17)15-12-7-9-16(10-12)8-6-11-4-5-11/h11-12H,4-10H2,1-3H3,(H,15,17). The molecule has 0 radical (unpaired) electrons. The number of amides is 1. The second-order valence-electron chi connectivity index (χ2n) is 6.66. The van der Waals surface area contributed by atoms with Gasteiger partial charge in [0.25, 0.3) is 0 Å². The molecule has 18 heavy (non-hydrogen) atoms. The summed E-state index contributed by atoms with van der Waals surface area (Å²) in [6.45, 7) is 8.95. The Labute approximate surface area is 110 Å². The first-order valence-electron chi connectivity index (χ1n) is 7.14. The average Bonchev–Trinajstić information content (AvgIpc) is 2.94. The zero-order valence-corrected chi connectivity index (χ0v) is 11.9. The first kappa shape index (κ1) is 13.7. The van der Waals surface area contributed by atoms with Crippen molar-refractivity contribution in [2.45, 2.75) is 58.1 Å². The van der Waals surface area contributed by atoms with Crippen molar-refractivity contribution in [2.24, 2.45) is 5.92 Å². The van der Waals surface area contributed by atoms with E-state index in [2.05, 4.69) is 10.2 Å². The Morgan fingerprint density at radius 1 is 1.33 bits per heavy atom. The van der Waals surface area contributed by atoms with Crippen molar-refractivity contribution in [3.05, 3.63) is 0 Å². The molecule has 0 aromatic rings. The van der Waals surface area contributed by atoms with Gasteiger partial charge >= 0.3 is 6.09 Å². The highest BCUT2D eigenvalue weighted by Gasteiger charge is 2.28. The van der Waals surface area contributed by atoms with Crippen molar-refractivity contribution in [3.8, 4) is 0 Å². The molecular formula is C14H26N2O2. The predicted molar refractivity (Wildman–Crippen MR) is 71.6 cm³/mol. The molecule has 2 aliphatic rings. The van der Waals surface area contributed by atoms with Gasteiger partial charge < -0.3 is 15.0 Å². The van der Waals surface area contributed by atoms with Crippen LogP contribution in [0.4, 0.5) is 4.79 Å². The summed E-state index contributed by atoms with van der Waals surface area (Å²) < 4.78 is 5.27. The molecule has 0 aromatic carbocycles. The number of likely N-dealkylation sites (tertiary alicyclic amines) is 1. The Balaban J connectivity index is 1.63. The van der Waals surface area contributed by atoms with Crippen LogP contribution in [-0.4, -0.2) is 42.3 Å². The molecule has 2 fully saturated rings. The van der Waals surface area contributed by atoms with Gasteiger partial charge in [-0.1, -0.05) is 12.8 Å². The summed E-state index contributed by atoms with van der Waals surface area (Å²) in [4.78, 5) is 14.1. The van der Waals surface area contributed by atoms with Crippen LogP contribution in [0.2, 0.25) is 0 Å². The number of rotatable bonds is 4. The largest absolute Gasteiger partial charge is 0.444 e. The summed E-state index contributed by atoms with van der Waals surface area (Å²) in [5.74, 6) is 0.989. The van der Waals surface area contributed by atoms with Crippen molar-refractivity contribution < 1.29 is 9.53 Å². The van der Waals surface area contributed by atoms with Crippen molar-refractivity contribution in [1.82, 2.24) is 10.2 Å². The lowest BCUT2D eigenvalue weighted by Crippen LogP contribution is -2.40. The van der Waals surface area contributed by atoms with Gasteiger partial charge in [0.1, 0.15) is 5.60 Å². The topological polar surface area (TPSA) is 41.6 Å². The third-order valence-corrected chi connectivity index (χ3v) is 3.54. The number of carbonyl (C=O) groups is 1. The van der Waals surface area contributed by atoms with Gasteiger partial charge in [-0.3, -0.25) is 0 Å². The zero-order chi connectivity index (χ0) is 13.2. The van der Waals surface area contributed by atoms with Crippen LogP contribution in [-0.2, 0) is 4.74 Å². The normalized spacial score (nSPS) is 25.2. The van der Waals surface area contributed by atoms with E-state index in [-0.39, 0.29) is 12.1 Å². The average molecular weight is 254 g/mol. The van der Waals surface area contributed by atoms with Crippen LogP contribution >= 0.6 is 0 Å². The maximum Gasteiger partial charge on any atom is 0.407 e. The Bertz CT molecular complexity index is 295. The molecule has 104 valence electrons. The molecule has 1 saturated carbocycles. The monoisotopic (exact) mass is 254 g/mol. The lowest BCUT2D eigenvalue weighted by atomic mass is 10.2. The van der Waals surface area contributed by atoms with Gasteiger partial charge in [-0.25, -0.2) is 4.79 Å². The number of hydrogen-bond acceptors (Lipinski definition) is 3. The summed E-state index contributed by atoms with van der Waals surface area (Å²) in [6, 6.07) is 0.263. The predicted octanol–water partition coefficient (Wildman–Crippen LogP) is 2.39. The molecule has 0 bridgehead atoms. The highest BCUT2D eigenvalue weighted by Crippen LogP contribution is 2.32. The maximum absolute atomic E-state index is 11.6. The number of nitrogens with one attached hydrogen (secondary N) is 1. The summed E-state index contributed by atoms with van der Waals surface area (Å²) in [5.41, 5.74) is -0.408. The quantitative estimate of drug-likeness (QED) is 0.837. The van der Waals surface area contributed by atoms with Crippen molar-refractivity contribution in [1.29, 1.82) is 0 Å². The first-order valence-corrected chi connectivity index (χ1v) is 7.14. The second-order valence-corrected chi connectivity index (χ2v) is 6.66. The van der Waals surface area contributed by atoms with Crippen LogP contribution in [0.25, 0.3) is 0 Å². The van der Waals surface area contributed by atoms with Crippen LogP contribution in [0.5, 0.6) is 0 Å². The van der Waals surface area contributed by atoms with E-state index in [0.29, 0.717) is 0 Å². The molecule has 2 rings (SSSR count). The Morgan fingerprint density at radius 2 is 2.06 bits per heavy atom. The molecule has 1 amide bonds. The fraction of sp³-hybridized carbons (Fsp3) is 0.929.